The summed E-state index contributed by atoms with van der Waals surface area (Å²) in [7, 11) is 2.12. The van der Waals surface area contributed by atoms with Gasteiger partial charge in [-0.25, -0.2) is 0 Å². The van der Waals surface area contributed by atoms with Crippen LogP contribution in [0.5, 0.6) is 0 Å². The number of rotatable bonds is 3. The maximum Gasteiger partial charge on any atom is 0.0486 e. The van der Waals surface area contributed by atoms with E-state index in [0.717, 1.165) is 26.1 Å². The highest BCUT2D eigenvalue weighted by molar-refractivity contribution is 4.83. The van der Waals surface area contributed by atoms with Crippen LogP contribution in [0.15, 0.2) is 0 Å². The van der Waals surface area contributed by atoms with Crippen molar-refractivity contribution in [1.29, 1.82) is 0 Å². The molecule has 12 heavy (non-hydrogen) atoms. The predicted molar refractivity (Wildman–Crippen MR) is 50.2 cm³/mol. The van der Waals surface area contributed by atoms with Gasteiger partial charge in [-0.3, -0.25) is 0 Å². The normalized spacial score (nSPS) is 32.2. The van der Waals surface area contributed by atoms with E-state index in [1.807, 2.05) is 0 Å². The molecule has 0 aliphatic carbocycles. The van der Waals surface area contributed by atoms with Crippen molar-refractivity contribution in [3.05, 3.63) is 0 Å². The molecule has 1 rings (SSSR count). The number of hydrogen-bond acceptors (Lipinski definition) is 3. The van der Waals surface area contributed by atoms with Crippen molar-refractivity contribution in [2.24, 2.45) is 5.92 Å². The molecule has 2 atom stereocenters. The summed E-state index contributed by atoms with van der Waals surface area (Å²) < 4.78 is 0. The molecule has 0 aromatic rings. The van der Waals surface area contributed by atoms with Crippen LogP contribution in [0.25, 0.3) is 0 Å². The van der Waals surface area contributed by atoms with Gasteiger partial charge in [0, 0.05) is 25.1 Å². The van der Waals surface area contributed by atoms with Gasteiger partial charge in [-0.15, -0.1) is 0 Å². The van der Waals surface area contributed by atoms with Gasteiger partial charge in [-0.1, -0.05) is 6.92 Å². The summed E-state index contributed by atoms with van der Waals surface area (Å²) in [4.78, 5) is 2.29. The maximum absolute atomic E-state index is 9.14. The van der Waals surface area contributed by atoms with Crippen molar-refractivity contribution >= 4 is 0 Å². The van der Waals surface area contributed by atoms with Crippen molar-refractivity contribution in [3.63, 3.8) is 0 Å². The molecule has 0 aromatic carbocycles. The van der Waals surface area contributed by atoms with Gasteiger partial charge < -0.3 is 15.3 Å². The predicted octanol–water partition coefficient (Wildman–Crippen LogP) is -0.0915. The SMILES string of the molecule is CCNC1CCN(C)CC1CO. The molecular weight excluding hydrogens is 152 g/mol. The Morgan fingerprint density at radius 2 is 2.33 bits per heavy atom. The highest BCUT2D eigenvalue weighted by atomic mass is 16.3. The molecule has 3 nitrogen and oxygen atoms in total. The topological polar surface area (TPSA) is 35.5 Å². The van der Waals surface area contributed by atoms with E-state index in [1.165, 1.54) is 0 Å². The zero-order valence-corrected chi connectivity index (χ0v) is 8.08. The van der Waals surface area contributed by atoms with Crippen LogP contribution >= 0.6 is 0 Å². The summed E-state index contributed by atoms with van der Waals surface area (Å²) in [5.41, 5.74) is 0. The molecular formula is C9H20N2O. The molecule has 0 aromatic heterocycles. The minimum Gasteiger partial charge on any atom is -0.396 e. The van der Waals surface area contributed by atoms with E-state index in [0.29, 0.717) is 18.6 Å². The Hall–Kier alpha value is -0.120. The fourth-order valence-corrected chi connectivity index (χ4v) is 1.93. The number of nitrogens with zero attached hydrogens (tertiary/aromatic N) is 1. The third-order valence-electron chi connectivity index (χ3n) is 2.64. The van der Waals surface area contributed by atoms with Crippen molar-refractivity contribution in [3.8, 4) is 0 Å². The number of piperidine rings is 1. The molecule has 0 saturated carbocycles. The molecule has 0 bridgehead atoms. The molecule has 1 aliphatic rings. The average Bonchev–Trinajstić information content (AvgIpc) is 2.08. The summed E-state index contributed by atoms with van der Waals surface area (Å²) in [6.07, 6.45) is 1.16. The molecule has 2 unspecified atom stereocenters. The number of aliphatic hydroxyl groups is 1. The average molecular weight is 172 g/mol. The first-order valence-corrected chi connectivity index (χ1v) is 4.80. The van der Waals surface area contributed by atoms with Crippen LogP contribution in [-0.2, 0) is 0 Å². The van der Waals surface area contributed by atoms with Gasteiger partial charge in [0.2, 0.25) is 0 Å². The molecule has 3 heteroatoms. The quantitative estimate of drug-likeness (QED) is 0.624. The third kappa shape index (κ3) is 2.44. The van der Waals surface area contributed by atoms with E-state index >= 15 is 0 Å². The number of hydrogen-bond donors (Lipinski definition) is 2. The Morgan fingerprint density at radius 1 is 1.58 bits per heavy atom. The smallest absolute Gasteiger partial charge is 0.0486 e. The Balaban J connectivity index is 2.39. The zero-order chi connectivity index (χ0) is 8.97. The highest BCUT2D eigenvalue weighted by Crippen LogP contribution is 2.15. The molecule has 1 aliphatic heterocycles. The molecule has 1 heterocycles. The minimum absolute atomic E-state index is 0.308. The highest BCUT2D eigenvalue weighted by Gasteiger charge is 2.25. The molecule has 0 amide bonds. The van der Waals surface area contributed by atoms with Crippen LogP contribution in [-0.4, -0.2) is 49.3 Å². The van der Waals surface area contributed by atoms with Gasteiger partial charge in [0.15, 0.2) is 0 Å². The van der Waals surface area contributed by atoms with Crippen LogP contribution in [0.4, 0.5) is 0 Å². The van der Waals surface area contributed by atoms with Crippen molar-refractivity contribution in [1.82, 2.24) is 10.2 Å². The lowest BCUT2D eigenvalue weighted by molar-refractivity contribution is 0.106. The van der Waals surface area contributed by atoms with Crippen LogP contribution < -0.4 is 5.32 Å². The van der Waals surface area contributed by atoms with Gasteiger partial charge in [0.1, 0.15) is 0 Å². The van der Waals surface area contributed by atoms with Crippen LogP contribution in [0, 0.1) is 5.92 Å². The van der Waals surface area contributed by atoms with E-state index in [1.54, 1.807) is 0 Å². The first-order chi connectivity index (χ1) is 5.77. The third-order valence-corrected chi connectivity index (χ3v) is 2.64. The lowest BCUT2D eigenvalue weighted by atomic mass is 9.93. The standard InChI is InChI=1S/C9H20N2O/c1-3-10-9-4-5-11(2)6-8(9)7-12/h8-10,12H,3-7H2,1-2H3. The van der Waals surface area contributed by atoms with E-state index in [4.69, 9.17) is 5.11 Å². The second-order valence-corrected chi connectivity index (χ2v) is 3.66. The lowest BCUT2D eigenvalue weighted by Gasteiger charge is -2.36. The first-order valence-electron chi connectivity index (χ1n) is 4.80. The van der Waals surface area contributed by atoms with E-state index in [2.05, 4.69) is 24.2 Å². The number of aliphatic hydroxyl groups excluding tert-OH is 1. The van der Waals surface area contributed by atoms with Gasteiger partial charge >= 0.3 is 0 Å². The van der Waals surface area contributed by atoms with Gasteiger partial charge in [0.25, 0.3) is 0 Å². The second kappa shape index (κ2) is 4.80. The number of nitrogens with one attached hydrogen (secondary N) is 1. The summed E-state index contributed by atoms with van der Waals surface area (Å²) in [5, 5.41) is 12.6. The monoisotopic (exact) mass is 172 g/mol. The summed E-state index contributed by atoms with van der Waals surface area (Å²) in [6.45, 7) is 5.60. The van der Waals surface area contributed by atoms with E-state index < -0.39 is 0 Å². The van der Waals surface area contributed by atoms with Gasteiger partial charge in [0.05, 0.1) is 0 Å². The Kier molecular flexibility index (Phi) is 3.98. The minimum atomic E-state index is 0.308. The van der Waals surface area contributed by atoms with Crippen molar-refractivity contribution in [2.75, 3.05) is 33.3 Å². The van der Waals surface area contributed by atoms with Crippen LogP contribution in [0.1, 0.15) is 13.3 Å². The Labute approximate surface area is 74.8 Å². The van der Waals surface area contributed by atoms with Crippen LogP contribution in [0.2, 0.25) is 0 Å². The molecule has 0 spiro atoms. The molecule has 2 N–H and O–H groups in total. The fraction of sp³-hybridized carbons (Fsp3) is 1.00. The molecule has 1 saturated heterocycles. The lowest BCUT2D eigenvalue weighted by Crippen LogP contribution is -2.49. The van der Waals surface area contributed by atoms with Gasteiger partial charge in [-0.2, -0.15) is 0 Å². The number of likely N-dealkylation sites (tertiary alicyclic amines) is 1. The Morgan fingerprint density at radius 3 is 2.92 bits per heavy atom. The largest absolute Gasteiger partial charge is 0.396 e. The van der Waals surface area contributed by atoms with Crippen LogP contribution in [0.3, 0.4) is 0 Å². The van der Waals surface area contributed by atoms with Crippen molar-refractivity contribution < 1.29 is 5.11 Å². The molecule has 1 fully saturated rings. The van der Waals surface area contributed by atoms with E-state index in [-0.39, 0.29) is 0 Å². The summed E-state index contributed by atoms with van der Waals surface area (Å²) in [6, 6.07) is 0.524. The molecule has 0 radical (unpaired) electrons. The van der Waals surface area contributed by atoms with E-state index in [9.17, 15) is 0 Å². The first kappa shape index (κ1) is 9.96. The zero-order valence-electron chi connectivity index (χ0n) is 8.08. The summed E-state index contributed by atoms with van der Waals surface area (Å²) >= 11 is 0. The molecule has 72 valence electrons. The fourth-order valence-electron chi connectivity index (χ4n) is 1.93. The van der Waals surface area contributed by atoms with Gasteiger partial charge in [-0.05, 0) is 26.6 Å². The summed E-state index contributed by atoms with van der Waals surface area (Å²) in [5.74, 6) is 0.420. The second-order valence-electron chi connectivity index (χ2n) is 3.66. The van der Waals surface area contributed by atoms with Crippen molar-refractivity contribution in [2.45, 2.75) is 19.4 Å². The maximum atomic E-state index is 9.14. The Bertz CT molecular complexity index is 130.